The second-order valence-electron chi connectivity index (χ2n) is 7.61. The zero-order valence-electron chi connectivity index (χ0n) is 17.1. The number of benzene rings is 1. The quantitative estimate of drug-likeness (QED) is 0.364. The van der Waals surface area contributed by atoms with E-state index < -0.39 is 17.6 Å². The predicted octanol–water partition coefficient (Wildman–Crippen LogP) is 5.30. The van der Waals surface area contributed by atoms with Gasteiger partial charge in [-0.1, -0.05) is 50.7 Å². The smallest absolute Gasteiger partial charge is 0.326 e. The van der Waals surface area contributed by atoms with E-state index in [0.29, 0.717) is 25.8 Å². The Morgan fingerprint density at radius 2 is 1.40 bits per heavy atom. The summed E-state index contributed by atoms with van der Waals surface area (Å²) in [5.74, 6) is -0.533. The van der Waals surface area contributed by atoms with Gasteiger partial charge in [0.05, 0.1) is 11.3 Å². The summed E-state index contributed by atoms with van der Waals surface area (Å²) in [5.41, 5.74) is -1.04. The van der Waals surface area contributed by atoms with Crippen molar-refractivity contribution in [3.05, 3.63) is 29.8 Å². The van der Waals surface area contributed by atoms with Gasteiger partial charge in [-0.25, -0.2) is 0 Å². The number of nitrogens with one attached hydrogen (secondary N) is 1. The molecule has 166 valence electrons. The fourth-order valence-electron chi connectivity index (χ4n) is 3.54. The van der Waals surface area contributed by atoms with Crippen molar-refractivity contribution < 1.29 is 27.6 Å². The number of halogens is 3. The standard InChI is InChI=1S/C22H29F3N2O3/c23-22(24,25)17-11-8-9-12-18(17)26-19(28)13-7-5-3-1-2-4-6-10-16-27-20(29)14-15-21(27)30/h8-9,11-12H,1-7,10,13-16H2,(H,26,28). The number of hydrogen-bond donors (Lipinski definition) is 1. The molecule has 2 rings (SSSR count). The minimum Gasteiger partial charge on any atom is -0.326 e. The lowest BCUT2D eigenvalue weighted by Crippen LogP contribution is -2.29. The summed E-state index contributed by atoms with van der Waals surface area (Å²) in [5, 5.41) is 2.36. The second-order valence-corrected chi connectivity index (χ2v) is 7.61. The highest BCUT2D eigenvalue weighted by atomic mass is 19.4. The van der Waals surface area contributed by atoms with Gasteiger partial charge in [0, 0.05) is 25.8 Å². The predicted molar refractivity (Wildman–Crippen MR) is 108 cm³/mol. The first-order valence-corrected chi connectivity index (χ1v) is 10.6. The van der Waals surface area contributed by atoms with Crippen molar-refractivity contribution in [2.24, 2.45) is 0 Å². The van der Waals surface area contributed by atoms with E-state index in [0.717, 1.165) is 51.0 Å². The third kappa shape index (κ3) is 7.80. The second kappa shape index (κ2) is 11.7. The Morgan fingerprint density at radius 3 is 2.00 bits per heavy atom. The first-order chi connectivity index (χ1) is 14.3. The van der Waals surface area contributed by atoms with Crippen molar-refractivity contribution >= 4 is 23.4 Å². The van der Waals surface area contributed by atoms with Crippen molar-refractivity contribution in [2.45, 2.75) is 76.8 Å². The van der Waals surface area contributed by atoms with Gasteiger partial charge in [-0.3, -0.25) is 19.3 Å². The zero-order valence-corrected chi connectivity index (χ0v) is 17.1. The van der Waals surface area contributed by atoms with Crippen molar-refractivity contribution in [1.29, 1.82) is 0 Å². The number of unbranched alkanes of at least 4 members (excludes halogenated alkanes) is 7. The summed E-state index contributed by atoms with van der Waals surface area (Å²) in [6.45, 7) is 0.518. The number of anilines is 1. The highest BCUT2D eigenvalue weighted by molar-refractivity contribution is 6.01. The molecular weight excluding hydrogens is 397 g/mol. The molecule has 1 N–H and O–H groups in total. The maximum absolute atomic E-state index is 12.9. The van der Waals surface area contributed by atoms with E-state index in [1.54, 1.807) is 0 Å². The van der Waals surface area contributed by atoms with E-state index in [2.05, 4.69) is 5.32 Å². The van der Waals surface area contributed by atoms with Gasteiger partial charge in [0.25, 0.3) is 0 Å². The van der Waals surface area contributed by atoms with Crippen LogP contribution in [0, 0.1) is 0 Å². The summed E-state index contributed by atoms with van der Waals surface area (Å²) in [4.78, 5) is 36.3. The van der Waals surface area contributed by atoms with Crippen molar-refractivity contribution in [2.75, 3.05) is 11.9 Å². The molecule has 0 aliphatic carbocycles. The number of alkyl halides is 3. The van der Waals surface area contributed by atoms with Gasteiger partial charge < -0.3 is 5.32 Å². The number of nitrogens with zero attached hydrogens (tertiary/aromatic N) is 1. The average Bonchev–Trinajstić information content (AvgIpc) is 3.01. The van der Waals surface area contributed by atoms with E-state index in [4.69, 9.17) is 0 Å². The van der Waals surface area contributed by atoms with E-state index in [1.165, 1.54) is 23.1 Å². The maximum Gasteiger partial charge on any atom is 0.418 e. The summed E-state index contributed by atoms with van der Waals surface area (Å²) < 4.78 is 38.8. The van der Waals surface area contributed by atoms with Gasteiger partial charge in [-0.15, -0.1) is 0 Å². The normalized spacial score (nSPS) is 14.4. The summed E-state index contributed by atoms with van der Waals surface area (Å²) in [6, 6.07) is 4.97. The first-order valence-electron chi connectivity index (χ1n) is 10.6. The van der Waals surface area contributed by atoms with Crippen LogP contribution in [0.3, 0.4) is 0 Å². The highest BCUT2D eigenvalue weighted by Gasteiger charge is 2.33. The molecule has 1 heterocycles. The number of para-hydroxylation sites is 1. The molecule has 0 atom stereocenters. The fourth-order valence-corrected chi connectivity index (χ4v) is 3.54. The number of likely N-dealkylation sites (tertiary alicyclic amines) is 1. The zero-order chi connectivity index (χ0) is 22.0. The van der Waals surface area contributed by atoms with Gasteiger partial charge >= 0.3 is 6.18 Å². The molecule has 1 fully saturated rings. The Morgan fingerprint density at radius 1 is 0.867 bits per heavy atom. The van der Waals surface area contributed by atoms with Gasteiger partial charge in [0.15, 0.2) is 0 Å². The number of rotatable bonds is 12. The Kier molecular flexibility index (Phi) is 9.33. The molecule has 5 nitrogen and oxygen atoms in total. The molecule has 0 spiro atoms. The Labute approximate surface area is 175 Å². The lowest BCUT2D eigenvalue weighted by molar-refractivity contribution is -0.139. The number of carbonyl (C=O) groups excluding carboxylic acids is 3. The topological polar surface area (TPSA) is 66.5 Å². The van der Waals surface area contributed by atoms with Crippen LogP contribution in [-0.2, 0) is 20.6 Å². The Balaban J connectivity index is 1.50. The molecule has 1 aliphatic heterocycles. The van der Waals surface area contributed by atoms with Crippen molar-refractivity contribution in [3.8, 4) is 0 Å². The van der Waals surface area contributed by atoms with Crippen LogP contribution >= 0.6 is 0 Å². The highest BCUT2D eigenvalue weighted by Crippen LogP contribution is 2.34. The summed E-state index contributed by atoms with van der Waals surface area (Å²) in [7, 11) is 0. The molecule has 1 saturated heterocycles. The fraction of sp³-hybridized carbons (Fsp3) is 0.591. The first kappa shape index (κ1) is 23.9. The molecule has 0 unspecified atom stereocenters. The molecule has 1 aromatic carbocycles. The van der Waals surface area contributed by atoms with Crippen LogP contribution in [0.2, 0.25) is 0 Å². The molecule has 1 aromatic rings. The molecule has 0 bridgehead atoms. The van der Waals surface area contributed by atoms with Crippen LogP contribution in [0.1, 0.15) is 76.2 Å². The van der Waals surface area contributed by atoms with E-state index in [-0.39, 0.29) is 23.9 Å². The summed E-state index contributed by atoms with van der Waals surface area (Å²) in [6.07, 6.45) is 3.75. The minimum atomic E-state index is -4.50. The number of imide groups is 1. The molecule has 1 aliphatic rings. The monoisotopic (exact) mass is 426 g/mol. The van der Waals surface area contributed by atoms with Crippen LogP contribution in [0.15, 0.2) is 24.3 Å². The minimum absolute atomic E-state index is 0.0640. The van der Waals surface area contributed by atoms with E-state index in [9.17, 15) is 27.6 Å². The molecule has 0 aromatic heterocycles. The lowest BCUT2D eigenvalue weighted by atomic mass is 10.1. The average molecular weight is 426 g/mol. The van der Waals surface area contributed by atoms with Gasteiger partial charge in [0.2, 0.25) is 17.7 Å². The van der Waals surface area contributed by atoms with E-state index >= 15 is 0 Å². The molecule has 3 amide bonds. The molecule has 0 radical (unpaired) electrons. The van der Waals surface area contributed by atoms with Crippen LogP contribution in [0.4, 0.5) is 18.9 Å². The van der Waals surface area contributed by atoms with Gasteiger partial charge in [-0.05, 0) is 25.0 Å². The van der Waals surface area contributed by atoms with Crippen LogP contribution < -0.4 is 5.32 Å². The SMILES string of the molecule is O=C(CCCCCCCCCCN1C(=O)CCC1=O)Nc1ccccc1C(F)(F)F. The molecule has 30 heavy (non-hydrogen) atoms. The van der Waals surface area contributed by atoms with Crippen LogP contribution in [-0.4, -0.2) is 29.2 Å². The van der Waals surface area contributed by atoms with Crippen LogP contribution in [0.25, 0.3) is 0 Å². The lowest BCUT2D eigenvalue weighted by Gasteiger charge is -2.13. The Hall–Kier alpha value is -2.38. The molecule has 0 saturated carbocycles. The van der Waals surface area contributed by atoms with Crippen molar-refractivity contribution in [3.63, 3.8) is 0 Å². The molecular formula is C22H29F3N2O3. The summed E-state index contributed by atoms with van der Waals surface area (Å²) >= 11 is 0. The molecule has 8 heteroatoms. The van der Waals surface area contributed by atoms with Gasteiger partial charge in [-0.2, -0.15) is 13.2 Å². The number of hydrogen-bond acceptors (Lipinski definition) is 3. The maximum atomic E-state index is 12.9. The number of amides is 3. The van der Waals surface area contributed by atoms with Crippen molar-refractivity contribution in [1.82, 2.24) is 4.90 Å². The largest absolute Gasteiger partial charge is 0.418 e. The van der Waals surface area contributed by atoms with Gasteiger partial charge in [0.1, 0.15) is 0 Å². The van der Waals surface area contributed by atoms with Crippen LogP contribution in [0.5, 0.6) is 0 Å². The Bertz CT molecular complexity index is 719. The third-order valence-corrected chi connectivity index (χ3v) is 5.20. The third-order valence-electron chi connectivity index (χ3n) is 5.20. The van der Waals surface area contributed by atoms with E-state index in [1.807, 2.05) is 0 Å². The number of carbonyl (C=O) groups is 3.